The van der Waals surface area contributed by atoms with Crippen molar-refractivity contribution in [2.75, 3.05) is 13.1 Å². The minimum Gasteiger partial charge on any atom is -0.393 e. The zero-order chi connectivity index (χ0) is 10.8. The third-order valence-corrected chi connectivity index (χ3v) is 3.32. The highest BCUT2D eigenvalue weighted by molar-refractivity contribution is 4.88. The Bertz CT molecular complexity index is 173. The molecule has 1 atom stereocenters. The van der Waals surface area contributed by atoms with E-state index in [9.17, 15) is 5.11 Å². The molecule has 0 aromatic carbocycles. The largest absolute Gasteiger partial charge is 0.393 e. The highest BCUT2D eigenvalue weighted by atomic mass is 16.3. The van der Waals surface area contributed by atoms with Crippen molar-refractivity contribution in [2.45, 2.75) is 59.1 Å². The molecule has 84 valence electrons. The molecule has 1 aliphatic carbocycles. The van der Waals surface area contributed by atoms with Crippen LogP contribution in [0.4, 0.5) is 0 Å². The van der Waals surface area contributed by atoms with E-state index in [2.05, 4.69) is 25.7 Å². The van der Waals surface area contributed by atoms with Crippen LogP contribution in [-0.2, 0) is 0 Å². The fraction of sp³-hybridized carbons (Fsp3) is 1.00. The van der Waals surface area contributed by atoms with E-state index < -0.39 is 0 Å². The zero-order valence-corrected chi connectivity index (χ0v) is 10.1. The predicted molar refractivity (Wildman–Crippen MR) is 60.3 cm³/mol. The number of hydrogen-bond acceptors (Lipinski definition) is 2. The van der Waals surface area contributed by atoms with Gasteiger partial charge in [0.05, 0.1) is 6.10 Å². The summed E-state index contributed by atoms with van der Waals surface area (Å²) < 4.78 is 0. The molecular weight excluding hydrogens is 174 g/mol. The fourth-order valence-corrected chi connectivity index (χ4v) is 1.77. The molecule has 1 unspecified atom stereocenters. The molecule has 2 heteroatoms. The molecule has 1 aliphatic rings. The van der Waals surface area contributed by atoms with E-state index in [0.717, 1.165) is 12.6 Å². The van der Waals surface area contributed by atoms with E-state index in [4.69, 9.17) is 0 Å². The van der Waals surface area contributed by atoms with E-state index >= 15 is 0 Å². The maximum atomic E-state index is 9.67. The van der Waals surface area contributed by atoms with E-state index in [1.54, 1.807) is 0 Å². The van der Waals surface area contributed by atoms with Gasteiger partial charge in [-0.25, -0.2) is 0 Å². The van der Waals surface area contributed by atoms with Crippen LogP contribution in [0.3, 0.4) is 0 Å². The maximum Gasteiger partial charge on any atom is 0.0575 e. The second-order valence-electron chi connectivity index (χ2n) is 5.37. The molecule has 0 amide bonds. The lowest BCUT2D eigenvalue weighted by Crippen LogP contribution is -2.41. The average molecular weight is 199 g/mol. The van der Waals surface area contributed by atoms with Crippen molar-refractivity contribution in [3.8, 4) is 0 Å². The molecule has 2 nitrogen and oxygen atoms in total. The molecule has 0 aromatic rings. The minimum atomic E-state index is -0.222. The monoisotopic (exact) mass is 199 g/mol. The lowest BCUT2D eigenvalue weighted by atomic mass is 9.87. The second-order valence-corrected chi connectivity index (χ2v) is 5.37. The van der Waals surface area contributed by atoms with Crippen molar-refractivity contribution in [1.82, 2.24) is 4.90 Å². The molecule has 1 rings (SSSR count). The van der Waals surface area contributed by atoms with Gasteiger partial charge >= 0.3 is 0 Å². The zero-order valence-electron chi connectivity index (χ0n) is 10.1. The Morgan fingerprint density at radius 1 is 1.43 bits per heavy atom. The Labute approximate surface area is 88.3 Å². The maximum absolute atomic E-state index is 9.67. The van der Waals surface area contributed by atoms with Crippen molar-refractivity contribution in [2.24, 2.45) is 5.41 Å². The van der Waals surface area contributed by atoms with Gasteiger partial charge in [-0.1, -0.05) is 20.8 Å². The molecular formula is C12H25NO. The first-order valence-corrected chi connectivity index (χ1v) is 5.89. The van der Waals surface area contributed by atoms with E-state index in [0.29, 0.717) is 0 Å². The molecule has 0 heterocycles. The van der Waals surface area contributed by atoms with Gasteiger partial charge < -0.3 is 5.11 Å². The van der Waals surface area contributed by atoms with Gasteiger partial charge in [-0.2, -0.15) is 0 Å². The summed E-state index contributed by atoms with van der Waals surface area (Å²) in [7, 11) is 0. The molecule has 0 bridgehead atoms. The topological polar surface area (TPSA) is 23.5 Å². The highest BCUT2D eigenvalue weighted by Gasteiger charge is 2.34. The fourth-order valence-electron chi connectivity index (χ4n) is 1.77. The molecule has 1 N–H and O–H groups in total. The number of aliphatic hydroxyl groups excluding tert-OH is 1. The number of hydrogen-bond donors (Lipinski definition) is 1. The second kappa shape index (κ2) is 4.63. The van der Waals surface area contributed by atoms with Crippen LogP contribution in [0.1, 0.15) is 47.0 Å². The number of nitrogens with zero attached hydrogens (tertiary/aromatic N) is 1. The van der Waals surface area contributed by atoms with Crippen LogP contribution in [0.25, 0.3) is 0 Å². The summed E-state index contributed by atoms with van der Waals surface area (Å²) in [6, 6.07) is 0.813. The van der Waals surface area contributed by atoms with Crippen molar-refractivity contribution in [3.63, 3.8) is 0 Å². The summed E-state index contributed by atoms with van der Waals surface area (Å²) in [4.78, 5) is 2.55. The van der Waals surface area contributed by atoms with Gasteiger partial charge in [0.25, 0.3) is 0 Å². The van der Waals surface area contributed by atoms with Gasteiger partial charge in [0.2, 0.25) is 0 Å². The first-order chi connectivity index (χ1) is 6.47. The highest BCUT2D eigenvalue weighted by Crippen LogP contribution is 2.31. The molecule has 0 aliphatic heterocycles. The van der Waals surface area contributed by atoms with E-state index in [-0.39, 0.29) is 11.5 Å². The first kappa shape index (κ1) is 12.0. The van der Waals surface area contributed by atoms with Gasteiger partial charge in [0.15, 0.2) is 0 Å². The first-order valence-electron chi connectivity index (χ1n) is 5.89. The summed E-state index contributed by atoms with van der Waals surface area (Å²) >= 11 is 0. The summed E-state index contributed by atoms with van der Waals surface area (Å²) in [5.41, 5.74) is 0.0256. The molecule has 0 radical (unpaired) electrons. The van der Waals surface area contributed by atoms with Crippen molar-refractivity contribution >= 4 is 0 Å². The third-order valence-electron chi connectivity index (χ3n) is 3.32. The van der Waals surface area contributed by atoms with Crippen LogP contribution in [-0.4, -0.2) is 35.2 Å². The molecule has 0 saturated heterocycles. The summed E-state index contributed by atoms with van der Waals surface area (Å²) in [5.74, 6) is 0. The van der Waals surface area contributed by atoms with Crippen LogP contribution < -0.4 is 0 Å². The Morgan fingerprint density at radius 3 is 2.36 bits per heavy atom. The van der Waals surface area contributed by atoms with Gasteiger partial charge in [0.1, 0.15) is 0 Å². The van der Waals surface area contributed by atoms with Crippen LogP contribution in [0.5, 0.6) is 0 Å². The predicted octanol–water partition coefficient (Wildman–Crippen LogP) is 2.27. The van der Waals surface area contributed by atoms with Crippen LogP contribution in [0, 0.1) is 5.41 Å². The SMILES string of the molecule is CCCN(CC(C)(C)C(C)O)C1CC1. The van der Waals surface area contributed by atoms with Gasteiger partial charge in [-0.05, 0) is 32.7 Å². The Morgan fingerprint density at radius 2 is 2.00 bits per heavy atom. The third kappa shape index (κ3) is 3.25. The quantitative estimate of drug-likeness (QED) is 0.709. The van der Waals surface area contributed by atoms with Gasteiger partial charge in [-0.15, -0.1) is 0 Å². The van der Waals surface area contributed by atoms with Crippen molar-refractivity contribution in [1.29, 1.82) is 0 Å². The summed E-state index contributed by atoms with van der Waals surface area (Å²) in [5, 5.41) is 9.67. The van der Waals surface area contributed by atoms with Gasteiger partial charge in [-0.3, -0.25) is 4.90 Å². The van der Waals surface area contributed by atoms with Crippen LogP contribution in [0.2, 0.25) is 0 Å². The molecule has 0 aromatic heterocycles. The minimum absolute atomic E-state index is 0.0256. The van der Waals surface area contributed by atoms with E-state index in [1.165, 1.54) is 25.8 Å². The average Bonchev–Trinajstić information content (AvgIpc) is 2.85. The van der Waals surface area contributed by atoms with Crippen LogP contribution >= 0.6 is 0 Å². The van der Waals surface area contributed by atoms with Gasteiger partial charge in [0, 0.05) is 18.0 Å². The summed E-state index contributed by atoms with van der Waals surface area (Å²) in [6.45, 7) is 10.6. The number of rotatable bonds is 6. The molecule has 0 spiro atoms. The molecule has 1 saturated carbocycles. The smallest absolute Gasteiger partial charge is 0.0575 e. The number of aliphatic hydroxyl groups is 1. The van der Waals surface area contributed by atoms with Crippen molar-refractivity contribution < 1.29 is 5.11 Å². The normalized spacial score (nSPS) is 20.1. The standard InChI is InChI=1S/C12H25NO/c1-5-8-13(11-6-7-11)9-12(3,4)10(2)14/h10-11,14H,5-9H2,1-4H3. The van der Waals surface area contributed by atoms with Crippen molar-refractivity contribution in [3.05, 3.63) is 0 Å². The molecule has 14 heavy (non-hydrogen) atoms. The molecule has 1 fully saturated rings. The Kier molecular flexibility index (Phi) is 3.96. The lowest BCUT2D eigenvalue weighted by molar-refractivity contribution is 0.0321. The van der Waals surface area contributed by atoms with E-state index in [1.807, 2.05) is 6.92 Å². The Hall–Kier alpha value is -0.0800. The van der Waals surface area contributed by atoms with Crippen LogP contribution in [0.15, 0.2) is 0 Å². The lowest BCUT2D eigenvalue weighted by Gasteiger charge is -2.34. The summed E-state index contributed by atoms with van der Waals surface area (Å²) in [6.07, 6.45) is 3.71. The Balaban J connectivity index is 2.45.